The molecule has 1 aliphatic carbocycles. The van der Waals surface area contributed by atoms with Crippen LogP contribution in [0.4, 0.5) is 0 Å². The summed E-state index contributed by atoms with van der Waals surface area (Å²) in [5.41, 5.74) is 2.71. The molecular formula is C25H31N3O2. The molecule has 2 heterocycles. The number of carbonyl (C=O) groups is 2. The van der Waals surface area contributed by atoms with E-state index in [1.807, 2.05) is 36.2 Å². The summed E-state index contributed by atoms with van der Waals surface area (Å²) in [6.45, 7) is 5.96. The standard InChI is InChI=1S/C25H31N3O2/c1-3-27-24(30)25(10-6-12-28(17-25)23(29)22-13-18(22)2)15-19-7-4-8-20(14-19)21-9-5-11-26-16-21/h4-5,7-9,11,14,16,18,22H,3,6,10,12-13,15,17H2,1-2H3,(H,27,30)/t18-,22-,25+/m1/s1. The number of nitrogens with one attached hydrogen (secondary N) is 1. The van der Waals surface area contributed by atoms with E-state index in [-0.39, 0.29) is 17.7 Å². The van der Waals surface area contributed by atoms with Crippen LogP contribution < -0.4 is 5.32 Å². The molecule has 0 radical (unpaired) electrons. The molecular weight excluding hydrogens is 374 g/mol. The molecule has 1 aromatic carbocycles. The number of hydrogen-bond acceptors (Lipinski definition) is 3. The third-order valence-electron chi connectivity index (χ3n) is 6.60. The zero-order valence-electron chi connectivity index (χ0n) is 17.9. The number of piperidine rings is 1. The van der Waals surface area contributed by atoms with Crippen molar-refractivity contribution in [3.63, 3.8) is 0 Å². The highest BCUT2D eigenvalue weighted by Crippen LogP contribution is 2.42. The van der Waals surface area contributed by atoms with Gasteiger partial charge >= 0.3 is 0 Å². The van der Waals surface area contributed by atoms with Gasteiger partial charge in [-0.25, -0.2) is 0 Å². The summed E-state index contributed by atoms with van der Waals surface area (Å²) < 4.78 is 0. The number of hydrogen-bond donors (Lipinski definition) is 1. The Kier molecular flexibility index (Phi) is 5.89. The van der Waals surface area contributed by atoms with E-state index in [2.05, 4.69) is 35.4 Å². The molecule has 2 amide bonds. The van der Waals surface area contributed by atoms with Gasteiger partial charge in [0, 0.05) is 37.9 Å². The number of amides is 2. The Labute approximate surface area is 178 Å². The zero-order valence-corrected chi connectivity index (χ0v) is 17.9. The van der Waals surface area contributed by atoms with Crippen molar-refractivity contribution < 1.29 is 9.59 Å². The third kappa shape index (κ3) is 4.25. The largest absolute Gasteiger partial charge is 0.356 e. The SMILES string of the molecule is CCNC(=O)[C@]1(Cc2cccc(-c3cccnc3)c2)CCCN(C(=O)[C@@H]2C[C@H]2C)C1. The van der Waals surface area contributed by atoms with Crippen LogP contribution in [0.5, 0.6) is 0 Å². The Morgan fingerprint density at radius 2 is 2.03 bits per heavy atom. The summed E-state index contributed by atoms with van der Waals surface area (Å²) >= 11 is 0. The first-order valence-electron chi connectivity index (χ1n) is 11.1. The Morgan fingerprint density at radius 3 is 2.73 bits per heavy atom. The van der Waals surface area contributed by atoms with Gasteiger partial charge in [-0.05, 0) is 61.3 Å². The Hall–Kier alpha value is -2.69. The number of likely N-dealkylation sites (tertiary alicyclic amines) is 1. The number of rotatable bonds is 6. The van der Waals surface area contributed by atoms with Crippen LogP contribution in [0, 0.1) is 17.3 Å². The van der Waals surface area contributed by atoms with E-state index in [1.165, 1.54) is 0 Å². The second-order valence-corrected chi connectivity index (χ2v) is 8.94. The van der Waals surface area contributed by atoms with Gasteiger partial charge in [0.1, 0.15) is 0 Å². The molecule has 5 heteroatoms. The van der Waals surface area contributed by atoms with Gasteiger partial charge in [-0.3, -0.25) is 14.6 Å². The minimum atomic E-state index is -0.574. The molecule has 2 aromatic rings. The van der Waals surface area contributed by atoms with Crippen molar-refractivity contribution in [2.24, 2.45) is 17.3 Å². The van der Waals surface area contributed by atoms with Gasteiger partial charge in [0.15, 0.2) is 0 Å². The molecule has 158 valence electrons. The van der Waals surface area contributed by atoms with Crippen LogP contribution in [0.2, 0.25) is 0 Å². The summed E-state index contributed by atoms with van der Waals surface area (Å²) in [7, 11) is 0. The lowest BCUT2D eigenvalue weighted by atomic mass is 9.74. The highest BCUT2D eigenvalue weighted by atomic mass is 16.2. The number of pyridine rings is 1. The van der Waals surface area contributed by atoms with E-state index < -0.39 is 5.41 Å². The van der Waals surface area contributed by atoms with Crippen LogP contribution in [0.25, 0.3) is 11.1 Å². The molecule has 1 aliphatic heterocycles. The van der Waals surface area contributed by atoms with Crippen molar-refractivity contribution in [1.29, 1.82) is 0 Å². The van der Waals surface area contributed by atoms with Gasteiger partial charge in [-0.15, -0.1) is 0 Å². The third-order valence-corrected chi connectivity index (χ3v) is 6.60. The molecule has 2 fully saturated rings. The van der Waals surface area contributed by atoms with Gasteiger partial charge in [0.05, 0.1) is 5.41 Å². The molecule has 1 saturated heterocycles. The number of aromatic nitrogens is 1. The predicted molar refractivity (Wildman–Crippen MR) is 118 cm³/mol. The Bertz CT molecular complexity index is 914. The highest BCUT2D eigenvalue weighted by Gasteiger charge is 2.47. The first-order chi connectivity index (χ1) is 14.5. The second-order valence-electron chi connectivity index (χ2n) is 8.94. The fraction of sp³-hybridized carbons (Fsp3) is 0.480. The topological polar surface area (TPSA) is 62.3 Å². The van der Waals surface area contributed by atoms with Crippen LogP contribution in [0.1, 0.15) is 38.7 Å². The molecule has 3 atom stereocenters. The minimum Gasteiger partial charge on any atom is -0.356 e. The minimum absolute atomic E-state index is 0.0677. The Balaban J connectivity index is 1.60. The molecule has 2 aliphatic rings. The highest BCUT2D eigenvalue weighted by molar-refractivity contribution is 5.86. The summed E-state index contributed by atoms with van der Waals surface area (Å²) in [6.07, 6.45) is 6.92. The quantitative estimate of drug-likeness (QED) is 0.797. The fourth-order valence-electron chi connectivity index (χ4n) is 4.76. The average Bonchev–Trinajstić information content (AvgIpc) is 3.51. The molecule has 1 N–H and O–H groups in total. The normalized spacial score (nSPS) is 25.6. The summed E-state index contributed by atoms with van der Waals surface area (Å²) in [4.78, 5) is 32.3. The number of nitrogens with zero attached hydrogens (tertiary/aromatic N) is 2. The summed E-state index contributed by atoms with van der Waals surface area (Å²) in [5.74, 6) is 0.941. The van der Waals surface area contributed by atoms with Crippen molar-refractivity contribution in [3.8, 4) is 11.1 Å². The molecule has 0 unspecified atom stereocenters. The van der Waals surface area contributed by atoms with Crippen LogP contribution in [0.3, 0.4) is 0 Å². The Morgan fingerprint density at radius 1 is 1.23 bits per heavy atom. The van der Waals surface area contributed by atoms with E-state index in [0.29, 0.717) is 25.4 Å². The van der Waals surface area contributed by atoms with E-state index in [0.717, 1.165) is 42.5 Å². The first kappa shape index (κ1) is 20.6. The molecule has 5 nitrogen and oxygen atoms in total. The van der Waals surface area contributed by atoms with Gasteiger partial charge in [0.2, 0.25) is 11.8 Å². The van der Waals surface area contributed by atoms with Gasteiger partial charge < -0.3 is 10.2 Å². The summed E-state index contributed by atoms with van der Waals surface area (Å²) in [5, 5.41) is 3.05. The maximum Gasteiger partial charge on any atom is 0.228 e. The number of benzene rings is 1. The lowest BCUT2D eigenvalue weighted by Gasteiger charge is -2.42. The van der Waals surface area contributed by atoms with Crippen LogP contribution in [-0.2, 0) is 16.0 Å². The maximum absolute atomic E-state index is 13.2. The molecule has 4 rings (SSSR count). The van der Waals surface area contributed by atoms with Crippen LogP contribution >= 0.6 is 0 Å². The first-order valence-corrected chi connectivity index (χ1v) is 11.1. The fourth-order valence-corrected chi connectivity index (χ4v) is 4.76. The zero-order chi connectivity index (χ0) is 21.1. The molecule has 30 heavy (non-hydrogen) atoms. The van der Waals surface area contributed by atoms with E-state index in [1.54, 1.807) is 6.20 Å². The van der Waals surface area contributed by atoms with E-state index in [4.69, 9.17) is 0 Å². The van der Waals surface area contributed by atoms with Gasteiger partial charge in [-0.1, -0.05) is 37.3 Å². The molecule has 0 spiro atoms. The van der Waals surface area contributed by atoms with Crippen LogP contribution in [-0.4, -0.2) is 41.3 Å². The van der Waals surface area contributed by atoms with Crippen molar-refractivity contribution in [3.05, 3.63) is 54.4 Å². The lowest BCUT2D eigenvalue weighted by Crippen LogP contribution is -2.54. The number of carbonyl (C=O) groups excluding carboxylic acids is 2. The van der Waals surface area contributed by atoms with E-state index in [9.17, 15) is 9.59 Å². The van der Waals surface area contributed by atoms with Crippen molar-refractivity contribution in [2.75, 3.05) is 19.6 Å². The molecule has 1 saturated carbocycles. The molecule has 0 bridgehead atoms. The van der Waals surface area contributed by atoms with Crippen molar-refractivity contribution in [2.45, 2.75) is 39.5 Å². The van der Waals surface area contributed by atoms with Gasteiger partial charge in [0.25, 0.3) is 0 Å². The predicted octanol–water partition coefficient (Wildman–Crippen LogP) is 3.69. The van der Waals surface area contributed by atoms with Gasteiger partial charge in [-0.2, -0.15) is 0 Å². The average molecular weight is 406 g/mol. The lowest BCUT2D eigenvalue weighted by molar-refractivity contribution is -0.142. The van der Waals surface area contributed by atoms with Crippen molar-refractivity contribution in [1.82, 2.24) is 15.2 Å². The van der Waals surface area contributed by atoms with E-state index >= 15 is 0 Å². The second kappa shape index (κ2) is 8.58. The van der Waals surface area contributed by atoms with Crippen molar-refractivity contribution >= 4 is 11.8 Å². The monoisotopic (exact) mass is 405 g/mol. The smallest absolute Gasteiger partial charge is 0.228 e. The maximum atomic E-state index is 13.2. The summed E-state index contributed by atoms with van der Waals surface area (Å²) in [6, 6.07) is 12.3. The van der Waals surface area contributed by atoms with Crippen LogP contribution in [0.15, 0.2) is 48.8 Å². The molecule has 1 aromatic heterocycles.